The van der Waals surface area contributed by atoms with Gasteiger partial charge in [-0.2, -0.15) is 12.6 Å². The summed E-state index contributed by atoms with van der Waals surface area (Å²) in [6.45, 7) is 5.50. The van der Waals surface area contributed by atoms with Gasteiger partial charge >= 0.3 is 0 Å². The Morgan fingerprint density at radius 2 is 2.23 bits per heavy atom. The predicted octanol–water partition coefficient (Wildman–Crippen LogP) is 0.500. The molecule has 1 amide bonds. The van der Waals surface area contributed by atoms with E-state index in [2.05, 4.69) is 12.6 Å². The van der Waals surface area contributed by atoms with E-state index in [1.54, 1.807) is 0 Å². The molecule has 4 heteroatoms. The lowest BCUT2D eigenvalue weighted by Gasteiger charge is -2.22. The fraction of sp³-hybridized carbons (Fsp3) is 0.889. The van der Waals surface area contributed by atoms with Gasteiger partial charge in [0.25, 0.3) is 0 Å². The summed E-state index contributed by atoms with van der Waals surface area (Å²) in [4.78, 5) is 13.5. The van der Waals surface area contributed by atoms with Crippen molar-refractivity contribution in [1.82, 2.24) is 4.90 Å². The Kier molecular flexibility index (Phi) is 3.62. The summed E-state index contributed by atoms with van der Waals surface area (Å²) >= 11 is 4.33. The molecule has 2 N–H and O–H groups in total. The zero-order chi connectivity index (χ0) is 10.0. The molecule has 3 nitrogen and oxygen atoms in total. The van der Waals surface area contributed by atoms with Gasteiger partial charge < -0.3 is 10.6 Å². The van der Waals surface area contributed by atoms with Crippen LogP contribution in [0.1, 0.15) is 20.3 Å². The van der Waals surface area contributed by atoms with Crippen LogP contribution in [0, 0.1) is 5.92 Å². The normalized spacial score (nSPS) is 25.3. The number of carbonyl (C=O) groups is 1. The number of hydrogen-bond acceptors (Lipinski definition) is 3. The molecular weight excluding hydrogens is 184 g/mol. The number of thiol groups is 1. The van der Waals surface area contributed by atoms with Crippen molar-refractivity contribution in [3.8, 4) is 0 Å². The number of likely N-dealkylation sites (tertiary alicyclic amines) is 1. The van der Waals surface area contributed by atoms with Gasteiger partial charge in [0.1, 0.15) is 0 Å². The zero-order valence-corrected chi connectivity index (χ0v) is 9.13. The maximum atomic E-state index is 11.7. The fourth-order valence-corrected chi connectivity index (χ4v) is 1.75. The maximum absolute atomic E-state index is 11.7. The molecule has 0 aromatic carbocycles. The Balaban J connectivity index is 2.48. The number of hydrogen-bond donors (Lipinski definition) is 2. The molecule has 0 aromatic heterocycles. The summed E-state index contributed by atoms with van der Waals surface area (Å²) in [6, 6.07) is -0.348. The van der Waals surface area contributed by atoms with Crippen LogP contribution in [0.4, 0.5) is 0 Å². The first-order chi connectivity index (χ1) is 6.02. The van der Waals surface area contributed by atoms with Crippen LogP contribution in [0.2, 0.25) is 0 Å². The summed E-state index contributed by atoms with van der Waals surface area (Å²) < 4.78 is 0. The Hall–Kier alpha value is -0.220. The van der Waals surface area contributed by atoms with Crippen molar-refractivity contribution in [2.24, 2.45) is 11.7 Å². The third-order valence-electron chi connectivity index (χ3n) is 2.48. The van der Waals surface area contributed by atoms with Crippen LogP contribution in [-0.2, 0) is 4.79 Å². The van der Waals surface area contributed by atoms with Gasteiger partial charge in [-0.15, -0.1) is 0 Å². The molecule has 1 aliphatic rings. The van der Waals surface area contributed by atoms with Crippen LogP contribution in [0.5, 0.6) is 0 Å². The molecule has 2 unspecified atom stereocenters. The van der Waals surface area contributed by atoms with Gasteiger partial charge in [-0.25, -0.2) is 0 Å². The molecule has 76 valence electrons. The average Bonchev–Trinajstić information content (AvgIpc) is 2.49. The SMILES string of the molecule is CC(C)C(N)C(=O)N1CCC(S)C1. The molecule has 1 heterocycles. The average molecular weight is 202 g/mol. The highest BCUT2D eigenvalue weighted by molar-refractivity contribution is 7.81. The van der Waals surface area contributed by atoms with E-state index >= 15 is 0 Å². The predicted molar refractivity (Wildman–Crippen MR) is 56.8 cm³/mol. The second-order valence-corrected chi connectivity index (χ2v) is 4.73. The first-order valence-corrected chi connectivity index (χ1v) is 5.26. The van der Waals surface area contributed by atoms with E-state index in [0.717, 1.165) is 19.5 Å². The number of nitrogens with zero attached hydrogens (tertiary/aromatic N) is 1. The van der Waals surface area contributed by atoms with Gasteiger partial charge in [0, 0.05) is 18.3 Å². The van der Waals surface area contributed by atoms with Crippen LogP contribution >= 0.6 is 12.6 Å². The smallest absolute Gasteiger partial charge is 0.239 e. The third-order valence-corrected chi connectivity index (χ3v) is 2.90. The number of amides is 1. The topological polar surface area (TPSA) is 46.3 Å². The number of rotatable bonds is 2. The third kappa shape index (κ3) is 2.61. The van der Waals surface area contributed by atoms with Gasteiger partial charge in [0.15, 0.2) is 0 Å². The Bertz CT molecular complexity index is 196. The summed E-state index contributed by atoms with van der Waals surface area (Å²) in [7, 11) is 0. The van der Waals surface area contributed by atoms with Crippen LogP contribution in [0.25, 0.3) is 0 Å². The second kappa shape index (κ2) is 4.33. The highest BCUT2D eigenvalue weighted by Gasteiger charge is 2.28. The fourth-order valence-electron chi connectivity index (χ4n) is 1.44. The Morgan fingerprint density at radius 1 is 1.62 bits per heavy atom. The highest BCUT2D eigenvalue weighted by Crippen LogP contribution is 2.16. The molecule has 0 aliphatic carbocycles. The molecule has 0 saturated carbocycles. The molecule has 13 heavy (non-hydrogen) atoms. The lowest BCUT2D eigenvalue weighted by atomic mass is 10.0. The molecule has 1 aliphatic heterocycles. The van der Waals surface area contributed by atoms with Crippen molar-refractivity contribution in [2.45, 2.75) is 31.6 Å². The monoisotopic (exact) mass is 202 g/mol. The first-order valence-electron chi connectivity index (χ1n) is 4.74. The minimum absolute atomic E-state index is 0.0755. The summed E-state index contributed by atoms with van der Waals surface area (Å²) in [6.07, 6.45) is 0.986. The summed E-state index contributed by atoms with van der Waals surface area (Å²) in [5, 5.41) is 0.336. The molecule has 0 spiro atoms. The molecule has 0 radical (unpaired) electrons. The number of carbonyl (C=O) groups excluding carboxylic acids is 1. The van der Waals surface area contributed by atoms with Crippen molar-refractivity contribution in [3.05, 3.63) is 0 Å². The van der Waals surface area contributed by atoms with Gasteiger partial charge in [-0.1, -0.05) is 13.8 Å². The van der Waals surface area contributed by atoms with Gasteiger partial charge in [-0.3, -0.25) is 4.79 Å². The molecular formula is C9H18N2OS. The van der Waals surface area contributed by atoms with Crippen LogP contribution in [0.3, 0.4) is 0 Å². The molecule has 1 rings (SSSR count). The van der Waals surface area contributed by atoms with E-state index in [1.165, 1.54) is 0 Å². The first kappa shape index (κ1) is 10.9. The van der Waals surface area contributed by atoms with Crippen LogP contribution in [-0.4, -0.2) is 35.2 Å². The van der Waals surface area contributed by atoms with Gasteiger partial charge in [0.05, 0.1) is 6.04 Å². The van der Waals surface area contributed by atoms with Crippen molar-refractivity contribution in [2.75, 3.05) is 13.1 Å². The van der Waals surface area contributed by atoms with E-state index in [1.807, 2.05) is 18.7 Å². The maximum Gasteiger partial charge on any atom is 0.239 e. The molecule has 1 fully saturated rings. The summed E-state index contributed by atoms with van der Waals surface area (Å²) in [5.41, 5.74) is 5.77. The largest absolute Gasteiger partial charge is 0.340 e. The highest BCUT2D eigenvalue weighted by atomic mass is 32.1. The minimum Gasteiger partial charge on any atom is -0.340 e. The molecule has 0 bridgehead atoms. The van der Waals surface area contributed by atoms with Crippen molar-refractivity contribution in [1.29, 1.82) is 0 Å². The van der Waals surface area contributed by atoms with Crippen LogP contribution < -0.4 is 5.73 Å². The van der Waals surface area contributed by atoms with Crippen molar-refractivity contribution >= 4 is 18.5 Å². The lowest BCUT2D eigenvalue weighted by Crippen LogP contribution is -2.45. The molecule has 2 atom stereocenters. The molecule has 0 aromatic rings. The summed E-state index contributed by atoms with van der Waals surface area (Å²) in [5.74, 6) is 0.290. The lowest BCUT2D eigenvalue weighted by molar-refractivity contribution is -0.132. The quantitative estimate of drug-likeness (QED) is 0.641. The van der Waals surface area contributed by atoms with E-state index < -0.39 is 0 Å². The van der Waals surface area contributed by atoms with E-state index in [4.69, 9.17) is 5.73 Å². The standard InChI is InChI=1S/C9H18N2OS/c1-6(2)8(10)9(12)11-4-3-7(13)5-11/h6-8,13H,3-5,10H2,1-2H3. The van der Waals surface area contributed by atoms with Crippen LogP contribution in [0.15, 0.2) is 0 Å². The number of nitrogens with two attached hydrogens (primary N) is 1. The van der Waals surface area contributed by atoms with Crippen molar-refractivity contribution in [3.63, 3.8) is 0 Å². The van der Waals surface area contributed by atoms with Crippen molar-refractivity contribution < 1.29 is 4.79 Å². The minimum atomic E-state index is -0.348. The van der Waals surface area contributed by atoms with E-state index in [9.17, 15) is 4.79 Å². The Labute approximate surface area is 85.1 Å². The molecule has 1 saturated heterocycles. The second-order valence-electron chi connectivity index (χ2n) is 4.00. The van der Waals surface area contributed by atoms with Gasteiger partial charge in [0.2, 0.25) is 5.91 Å². The van der Waals surface area contributed by atoms with Gasteiger partial charge in [-0.05, 0) is 12.3 Å². The zero-order valence-electron chi connectivity index (χ0n) is 8.23. The Morgan fingerprint density at radius 3 is 2.62 bits per heavy atom. The van der Waals surface area contributed by atoms with E-state index in [0.29, 0.717) is 5.25 Å². The van der Waals surface area contributed by atoms with E-state index in [-0.39, 0.29) is 17.9 Å².